The number of nitrogens with one attached hydrogen (secondary N) is 3. The van der Waals surface area contributed by atoms with Crippen molar-refractivity contribution in [3.8, 4) is 5.82 Å². The number of aryl methyl sites for hydroxylation is 2. The molecule has 0 unspecified atom stereocenters. The van der Waals surface area contributed by atoms with Crippen molar-refractivity contribution in [3.05, 3.63) is 95.5 Å². The lowest BCUT2D eigenvalue weighted by atomic mass is 10.1. The van der Waals surface area contributed by atoms with Gasteiger partial charge in [0, 0.05) is 48.0 Å². The molecule has 0 aliphatic rings. The molecule has 0 saturated carbocycles. The van der Waals surface area contributed by atoms with Gasteiger partial charge in [0.25, 0.3) is 5.91 Å². The maximum atomic E-state index is 14.5. The Hall–Kier alpha value is -5.20. The number of nitrogens with zero attached hydrogens (tertiary/aromatic N) is 6. The van der Waals surface area contributed by atoms with Gasteiger partial charge in [0.05, 0.1) is 11.8 Å². The number of carbonyl (C=O) groups is 1. The highest BCUT2D eigenvalue weighted by Crippen LogP contribution is 2.27. The predicted molar refractivity (Wildman–Crippen MR) is 144 cm³/mol. The van der Waals surface area contributed by atoms with Crippen LogP contribution in [0.4, 0.5) is 42.1 Å². The van der Waals surface area contributed by atoms with Gasteiger partial charge in [-0.25, -0.2) is 32.8 Å². The van der Waals surface area contributed by atoms with Crippen LogP contribution in [0.3, 0.4) is 0 Å². The van der Waals surface area contributed by atoms with Crippen LogP contribution in [-0.2, 0) is 6.54 Å². The summed E-state index contributed by atoms with van der Waals surface area (Å²) < 4.78 is 45.4. The van der Waals surface area contributed by atoms with Crippen LogP contribution in [0.15, 0.2) is 61.3 Å². The van der Waals surface area contributed by atoms with Crippen molar-refractivity contribution in [2.24, 2.45) is 0 Å². The molecule has 3 heterocycles. The average Bonchev–Trinajstić information content (AvgIpc) is 3.60. The Morgan fingerprint density at radius 2 is 1.77 bits per heavy atom. The molecule has 0 aliphatic heterocycles. The first-order valence-corrected chi connectivity index (χ1v) is 12.2. The van der Waals surface area contributed by atoms with E-state index in [2.05, 4.69) is 36.0 Å². The van der Waals surface area contributed by atoms with Crippen LogP contribution in [0.1, 0.15) is 28.4 Å². The molecule has 0 saturated heterocycles. The first-order chi connectivity index (χ1) is 19.2. The predicted octanol–water partition coefficient (Wildman–Crippen LogP) is 5.65. The Morgan fingerprint density at radius 1 is 0.950 bits per heavy atom. The lowest BCUT2D eigenvalue weighted by Crippen LogP contribution is -2.16. The summed E-state index contributed by atoms with van der Waals surface area (Å²) in [5.74, 6) is -2.37. The largest absolute Gasteiger partial charge is 0.325 e. The second kappa shape index (κ2) is 10.9. The summed E-state index contributed by atoms with van der Waals surface area (Å²) in [6.07, 6.45) is 6.44. The normalized spacial score (nSPS) is 10.9. The molecule has 0 aliphatic carbocycles. The number of aromatic nitrogens is 6. The van der Waals surface area contributed by atoms with Crippen LogP contribution < -0.4 is 16.0 Å². The van der Waals surface area contributed by atoms with Crippen molar-refractivity contribution in [2.75, 3.05) is 16.0 Å². The number of amides is 1. The van der Waals surface area contributed by atoms with E-state index in [1.165, 1.54) is 6.33 Å². The van der Waals surface area contributed by atoms with E-state index in [9.17, 15) is 18.0 Å². The number of hydrogen-bond donors (Lipinski definition) is 3. The molecule has 5 aromatic rings. The molecule has 5 rings (SSSR count). The highest BCUT2D eigenvalue weighted by molar-refractivity contribution is 6.05. The summed E-state index contributed by atoms with van der Waals surface area (Å²) in [4.78, 5) is 25.7. The van der Waals surface area contributed by atoms with Gasteiger partial charge >= 0.3 is 0 Å². The number of anilines is 5. The van der Waals surface area contributed by atoms with Gasteiger partial charge in [0.1, 0.15) is 29.6 Å². The third-order valence-electron chi connectivity index (χ3n) is 6.17. The van der Waals surface area contributed by atoms with E-state index in [-0.39, 0.29) is 0 Å². The van der Waals surface area contributed by atoms with Crippen LogP contribution >= 0.6 is 0 Å². The monoisotopic (exact) mass is 547 g/mol. The number of rotatable bonds is 8. The third kappa shape index (κ3) is 5.21. The fourth-order valence-corrected chi connectivity index (χ4v) is 4.00. The molecule has 0 atom stereocenters. The first kappa shape index (κ1) is 26.4. The smallest absolute Gasteiger partial charge is 0.258 e. The number of benzene rings is 2. The summed E-state index contributed by atoms with van der Waals surface area (Å²) >= 11 is 0. The molecule has 0 spiro atoms. The number of imidazole rings is 1. The molecule has 1 amide bonds. The van der Waals surface area contributed by atoms with Gasteiger partial charge in [-0.3, -0.25) is 9.36 Å². The van der Waals surface area contributed by atoms with Gasteiger partial charge in [0.2, 0.25) is 5.95 Å². The second-order valence-electron chi connectivity index (χ2n) is 8.81. The van der Waals surface area contributed by atoms with Gasteiger partial charge in [-0.2, -0.15) is 5.10 Å². The molecule has 204 valence electrons. The highest BCUT2D eigenvalue weighted by Gasteiger charge is 2.21. The molecule has 13 heteroatoms. The molecular weight excluding hydrogens is 523 g/mol. The van der Waals surface area contributed by atoms with Gasteiger partial charge in [-0.15, -0.1) is 0 Å². The summed E-state index contributed by atoms with van der Waals surface area (Å²) in [7, 11) is 0. The minimum Gasteiger partial charge on any atom is -0.325 e. The third-order valence-corrected chi connectivity index (χ3v) is 6.17. The Kier molecular flexibility index (Phi) is 7.19. The summed E-state index contributed by atoms with van der Waals surface area (Å²) in [5.41, 5.74) is 0.547. The zero-order chi connectivity index (χ0) is 28.4. The molecule has 3 N–H and O–H groups in total. The zero-order valence-electron chi connectivity index (χ0n) is 21.7. The minimum atomic E-state index is -1.33. The Morgan fingerprint density at radius 3 is 2.58 bits per heavy atom. The lowest BCUT2D eigenvalue weighted by Gasteiger charge is -2.14. The number of hydrogen-bond acceptors (Lipinski definition) is 7. The Labute approximate surface area is 226 Å². The highest BCUT2D eigenvalue weighted by atomic mass is 19.2. The fraction of sp³-hybridized carbons (Fsp3) is 0.148. The Balaban J connectivity index is 1.37. The van der Waals surface area contributed by atoms with Gasteiger partial charge < -0.3 is 16.0 Å². The topological polar surface area (TPSA) is 115 Å². The summed E-state index contributed by atoms with van der Waals surface area (Å²) in [6, 6.07) is 9.10. The molecule has 0 fully saturated rings. The SMILES string of the molecule is CCn1nccc1Nc1cc(-n2ccnc2Nc2cc(NC(=O)c3cc(F)c(F)c(C)c3F)ccc2C)ncn1. The molecular formula is C27H24F3N9O. The van der Waals surface area contributed by atoms with Crippen molar-refractivity contribution < 1.29 is 18.0 Å². The van der Waals surface area contributed by atoms with E-state index in [1.807, 2.05) is 19.9 Å². The fourth-order valence-electron chi connectivity index (χ4n) is 4.00. The first-order valence-electron chi connectivity index (χ1n) is 12.2. The van der Waals surface area contributed by atoms with E-state index in [4.69, 9.17) is 0 Å². The molecule has 40 heavy (non-hydrogen) atoms. The standard InChI is InChI=1S/C27H24F3N9O/c1-4-39-22(7-8-34-39)37-21-13-23(33-14-32-21)38-10-9-31-27(38)36-20-11-17(6-5-15(20)2)35-26(40)18-12-19(28)25(30)16(3)24(18)29/h5-14H,4H2,1-3H3,(H,31,36)(H,35,40)(H,32,33,37). The van der Waals surface area contributed by atoms with Gasteiger partial charge in [-0.05, 0) is 44.5 Å². The van der Waals surface area contributed by atoms with Crippen molar-refractivity contribution in [1.29, 1.82) is 0 Å². The van der Waals surface area contributed by atoms with E-state index in [0.29, 0.717) is 41.6 Å². The summed E-state index contributed by atoms with van der Waals surface area (Å²) in [6.45, 7) is 5.59. The van der Waals surface area contributed by atoms with E-state index in [0.717, 1.165) is 18.3 Å². The van der Waals surface area contributed by atoms with Crippen LogP contribution in [0.5, 0.6) is 0 Å². The van der Waals surface area contributed by atoms with Crippen molar-refractivity contribution in [1.82, 2.24) is 29.3 Å². The maximum absolute atomic E-state index is 14.5. The van der Waals surface area contributed by atoms with Gasteiger partial charge in [-0.1, -0.05) is 6.07 Å². The Bertz CT molecular complexity index is 1710. The van der Waals surface area contributed by atoms with Crippen LogP contribution in [-0.4, -0.2) is 35.2 Å². The van der Waals surface area contributed by atoms with E-state index in [1.54, 1.807) is 52.1 Å². The number of carbonyl (C=O) groups excluding carboxylic acids is 1. The van der Waals surface area contributed by atoms with E-state index < -0.39 is 34.5 Å². The lowest BCUT2D eigenvalue weighted by molar-refractivity contribution is 0.102. The molecule has 3 aromatic heterocycles. The van der Waals surface area contributed by atoms with E-state index >= 15 is 0 Å². The molecule has 2 aromatic carbocycles. The molecule has 10 nitrogen and oxygen atoms in total. The second-order valence-corrected chi connectivity index (χ2v) is 8.81. The number of halogens is 3. The van der Waals surface area contributed by atoms with Crippen molar-refractivity contribution in [2.45, 2.75) is 27.3 Å². The van der Waals surface area contributed by atoms with Crippen molar-refractivity contribution >= 4 is 34.9 Å². The zero-order valence-corrected chi connectivity index (χ0v) is 21.7. The maximum Gasteiger partial charge on any atom is 0.258 e. The van der Waals surface area contributed by atoms with Crippen LogP contribution in [0.2, 0.25) is 0 Å². The van der Waals surface area contributed by atoms with Crippen LogP contribution in [0, 0.1) is 31.3 Å². The summed E-state index contributed by atoms with van der Waals surface area (Å²) in [5, 5.41) is 13.2. The molecule has 0 radical (unpaired) electrons. The molecule has 0 bridgehead atoms. The average molecular weight is 548 g/mol. The van der Waals surface area contributed by atoms with Gasteiger partial charge in [0.15, 0.2) is 11.6 Å². The van der Waals surface area contributed by atoms with Crippen molar-refractivity contribution in [3.63, 3.8) is 0 Å². The van der Waals surface area contributed by atoms with Crippen LogP contribution in [0.25, 0.3) is 5.82 Å². The minimum absolute atomic E-state index is 0.305. The quantitative estimate of drug-likeness (QED) is 0.215.